The van der Waals surface area contributed by atoms with Gasteiger partial charge >= 0.3 is 0 Å². The van der Waals surface area contributed by atoms with E-state index in [1.54, 1.807) is 4.90 Å². The van der Waals surface area contributed by atoms with Crippen LogP contribution >= 0.6 is 0 Å². The number of halogens is 2. The Bertz CT molecular complexity index is 525. The second kappa shape index (κ2) is 6.41. The van der Waals surface area contributed by atoms with E-state index in [1.807, 2.05) is 13.8 Å². The number of nitrogen functional groups attached to an aromatic ring is 1. The van der Waals surface area contributed by atoms with Crippen LogP contribution in [0, 0.1) is 17.6 Å². The van der Waals surface area contributed by atoms with E-state index in [0.29, 0.717) is 12.5 Å². The van der Waals surface area contributed by atoms with Crippen molar-refractivity contribution in [1.82, 2.24) is 4.90 Å². The summed E-state index contributed by atoms with van der Waals surface area (Å²) in [4.78, 5) is 14.5. The van der Waals surface area contributed by atoms with Gasteiger partial charge in [-0.05, 0) is 24.8 Å². The van der Waals surface area contributed by atoms with Crippen molar-refractivity contribution in [2.24, 2.45) is 5.92 Å². The normalized spacial score (nSPS) is 15.7. The maximum absolute atomic E-state index is 13.4. The minimum atomic E-state index is -1.04. The fourth-order valence-corrected chi connectivity index (χ4v) is 2.91. The molecule has 5 heteroatoms. The van der Waals surface area contributed by atoms with Crippen molar-refractivity contribution in [3.63, 3.8) is 0 Å². The first kappa shape index (κ1) is 15.7. The van der Waals surface area contributed by atoms with E-state index in [4.69, 9.17) is 5.73 Å². The first-order valence-corrected chi connectivity index (χ1v) is 7.45. The fraction of sp³-hybridized carbons (Fsp3) is 0.562. The lowest BCUT2D eigenvalue weighted by atomic mass is 10.1. The van der Waals surface area contributed by atoms with Crippen molar-refractivity contribution < 1.29 is 13.6 Å². The van der Waals surface area contributed by atoms with E-state index in [9.17, 15) is 13.6 Å². The number of anilines is 1. The number of rotatable bonds is 4. The van der Waals surface area contributed by atoms with Gasteiger partial charge in [0.15, 0.2) is 11.6 Å². The molecule has 0 spiro atoms. The number of carbonyl (C=O) groups is 1. The zero-order valence-electron chi connectivity index (χ0n) is 12.5. The summed E-state index contributed by atoms with van der Waals surface area (Å²) in [6.07, 6.45) is 4.11. The van der Waals surface area contributed by atoms with Gasteiger partial charge in [0.25, 0.3) is 5.91 Å². The number of hydrogen-bond acceptors (Lipinski definition) is 2. The van der Waals surface area contributed by atoms with Crippen molar-refractivity contribution in [3.8, 4) is 0 Å². The Kier molecular flexibility index (Phi) is 4.80. The van der Waals surface area contributed by atoms with Crippen LogP contribution in [0.3, 0.4) is 0 Å². The lowest BCUT2D eigenvalue weighted by Gasteiger charge is -2.31. The van der Waals surface area contributed by atoms with Gasteiger partial charge in [0.2, 0.25) is 0 Å². The fourth-order valence-electron chi connectivity index (χ4n) is 2.91. The monoisotopic (exact) mass is 296 g/mol. The molecule has 0 atom stereocenters. The van der Waals surface area contributed by atoms with Gasteiger partial charge in [-0.1, -0.05) is 26.7 Å². The first-order valence-electron chi connectivity index (χ1n) is 7.45. The van der Waals surface area contributed by atoms with Crippen LogP contribution in [-0.4, -0.2) is 23.4 Å². The Balaban J connectivity index is 2.31. The van der Waals surface area contributed by atoms with E-state index in [2.05, 4.69) is 0 Å². The van der Waals surface area contributed by atoms with Crippen LogP contribution in [0.25, 0.3) is 0 Å². The van der Waals surface area contributed by atoms with Gasteiger partial charge in [-0.3, -0.25) is 4.79 Å². The van der Waals surface area contributed by atoms with Crippen LogP contribution in [0.5, 0.6) is 0 Å². The summed E-state index contributed by atoms with van der Waals surface area (Å²) in [5.74, 6) is -2.06. The van der Waals surface area contributed by atoms with Crippen LogP contribution in [0.15, 0.2) is 12.1 Å². The summed E-state index contributed by atoms with van der Waals surface area (Å²) in [5, 5.41) is 0. The Morgan fingerprint density at radius 3 is 2.43 bits per heavy atom. The molecule has 0 unspecified atom stereocenters. The highest BCUT2D eigenvalue weighted by Gasteiger charge is 2.29. The van der Waals surface area contributed by atoms with E-state index in [-0.39, 0.29) is 23.2 Å². The lowest BCUT2D eigenvalue weighted by Crippen LogP contribution is -2.41. The van der Waals surface area contributed by atoms with Crippen LogP contribution in [0.1, 0.15) is 49.9 Å². The minimum Gasteiger partial charge on any atom is -0.398 e. The molecule has 0 saturated heterocycles. The molecule has 0 aromatic heterocycles. The van der Waals surface area contributed by atoms with Crippen LogP contribution < -0.4 is 5.73 Å². The third kappa shape index (κ3) is 3.52. The average Bonchev–Trinajstić information content (AvgIpc) is 2.93. The quantitative estimate of drug-likeness (QED) is 0.863. The zero-order valence-corrected chi connectivity index (χ0v) is 12.5. The number of nitrogens with zero attached hydrogens (tertiary/aromatic N) is 1. The SMILES string of the molecule is CC(C)CN(C(=O)c1cc(F)c(F)cc1N)C1CCCC1. The predicted molar refractivity (Wildman–Crippen MR) is 78.9 cm³/mol. The number of nitrogens with two attached hydrogens (primary N) is 1. The highest BCUT2D eigenvalue weighted by Crippen LogP contribution is 2.27. The van der Waals surface area contributed by atoms with Gasteiger partial charge in [-0.15, -0.1) is 0 Å². The highest BCUT2D eigenvalue weighted by atomic mass is 19.2. The smallest absolute Gasteiger partial charge is 0.256 e. The number of hydrogen-bond donors (Lipinski definition) is 1. The molecule has 1 aliphatic carbocycles. The largest absolute Gasteiger partial charge is 0.398 e. The Labute approximate surface area is 124 Å². The summed E-state index contributed by atoms with van der Waals surface area (Å²) in [7, 11) is 0. The Morgan fingerprint density at radius 1 is 1.29 bits per heavy atom. The molecule has 2 rings (SSSR count). The second-order valence-corrected chi connectivity index (χ2v) is 6.14. The first-order chi connectivity index (χ1) is 9.90. The molecule has 3 nitrogen and oxygen atoms in total. The topological polar surface area (TPSA) is 46.3 Å². The number of carbonyl (C=O) groups excluding carboxylic acids is 1. The molecule has 0 radical (unpaired) electrons. The van der Waals surface area contributed by atoms with Crippen LogP contribution in [0.4, 0.5) is 14.5 Å². The van der Waals surface area contributed by atoms with Gasteiger partial charge in [0.1, 0.15) is 0 Å². The van der Waals surface area contributed by atoms with Crippen molar-refractivity contribution in [3.05, 3.63) is 29.3 Å². The van der Waals surface area contributed by atoms with Crippen molar-refractivity contribution in [2.75, 3.05) is 12.3 Å². The molecule has 1 aromatic rings. The van der Waals surface area contributed by atoms with Crippen molar-refractivity contribution >= 4 is 11.6 Å². The summed E-state index contributed by atoms with van der Waals surface area (Å²) in [6.45, 7) is 4.66. The predicted octanol–water partition coefficient (Wildman–Crippen LogP) is 3.59. The van der Waals surface area contributed by atoms with E-state index >= 15 is 0 Å². The molecular weight excluding hydrogens is 274 g/mol. The summed E-state index contributed by atoms with van der Waals surface area (Å²) >= 11 is 0. The molecule has 2 N–H and O–H groups in total. The molecule has 1 saturated carbocycles. The number of benzene rings is 1. The lowest BCUT2D eigenvalue weighted by molar-refractivity contribution is 0.0656. The van der Waals surface area contributed by atoms with Gasteiger partial charge in [-0.2, -0.15) is 0 Å². The standard InChI is InChI=1S/C16H22F2N2O/c1-10(2)9-20(11-5-3-4-6-11)16(21)12-7-13(17)14(18)8-15(12)19/h7-8,10-11H,3-6,9,19H2,1-2H3. The molecule has 21 heavy (non-hydrogen) atoms. The molecule has 1 aliphatic rings. The van der Waals surface area contributed by atoms with Gasteiger partial charge in [0, 0.05) is 24.3 Å². The Hall–Kier alpha value is -1.65. The van der Waals surface area contributed by atoms with E-state index in [0.717, 1.165) is 37.8 Å². The molecule has 1 aromatic carbocycles. The van der Waals surface area contributed by atoms with E-state index < -0.39 is 11.6 Å². The molecule has 0 aliphatic heterocycles. The maximum Gasteiger partial charge on any atom is 0.256 e. The molecule has 0 bridgehead atoms. The summed E-state index contributed by atoms with van der Waals surface area (Å²) in [6, 6.07) is 1.97. The van der Waals surface area contributed by atoms with Crippen LogP contribution in [-0.2, 0) is 0 Å². The van der Waals surface area contributed by atoms with Crippen molar-refractivity contribution in [1.29, 1.82) is 0 Å². The second-order valence-electron chi connectivity index (χ2n) is 6.14. The molecule has 1 fully saturated rings. The minimum absolute atomic E-state index is 0.00865. The molecular formula is C16H22F2N2O. The molecule has 0 heterocycles. The molecule has 1 amide bonds. The Morgan fingerprint density at radius 2 is 1.86 bits per heavy atom. The summed E-state index contributed by atoms with van der Waals surface area (Å²) in [5.41, 5.74) is 5.75. The summed E-state index contributed by atoms with van der Waals surface area (Å²) < 4.78 is 26.6. The van der Waals surface area contributed by atoms with Gasteiger partial charge < -0.3 is 10.6 Å². The van der Waals surface area contributed by atoms with E-state index in [1.165, 1.54) is 0 Å². The molecule has 116 valence electrons. The van der Waals surface area contributed by atoms with Crippen molar-refractivity contribution in [2.45, 2.75) is 45.6 Å². The van der Waals surface area contributed by atoms with Gasteiger partial charge in [0.05, 0.1) is 5.56 Å². The highest BCUT2D eigenvalue weighted by molar-refractivity contribution is 5.99. The number of amides is 1. The third-order valence-electron chi connectivity index (χ3n) is 3.91. The third-order valence-corrected chi connectivity index (χ3v) is 3.91. The van der Waals surface area contributed by atoms with Crippen LogP contribution in [0.2, 0.25) is 0 Å². The maximum atomic E-state index is 13.4. The van der Waals surface area contributed by atoms with Gasteiger partial charge in [-0.25, -0.2) is 8.78 Å². The average molecular weight is 296 g/mol. The zero-order chi connectivity index (χ0) is 15.6.